The summed E-state index contributed by atoms with van der Waals surface area (Å²) in [7, 11) is 1.49. The summed E-state index contributed by atoms with van der Waals surface area (Å²) in [6.45, 7) is 18.1. The summed E-state index contributed by atoms with van der Waals surface area (Å²) < 4.78 is 23.0. The number of alkyl carbamates (subject to hydrolysis) is 1. The molecule has 2 heterocycles. The van der Waals surface area contributed by atoms with Crippen molar-refractivity contribution >= 4 is 53.2 Å². The number of nitrogens with one attached hydrogen (secondary N) is 6. The van der Waals surface area contributed by atoms with Crippen molar-refractivity contribution in [3.63, 3.8) is 0 Å². The Morgan fingerprint density at radius 2 is 1.57 bits per heavy atom. The van der Waals surface area contributed by atoms with Crippen LogP contribution in [-0.4, -0.2) is 104 Å². The number of epoxide rings is 1. The van der Waals surface area contributed by atoms with Gasteiger partial charge in [-0.05, 0) is 80.3 Å². The number of ether oxygens (including phenoxy) is 4. The number of halogens is 1. The van der Waals surface area contributed by atoms with Crippen LogP contribution in [0.25, 0.3) is 0 Å². The molecule has 380 valence electrons. The van der Waals surface area contributed by atoms with Crippen molar-refractivity contribution in [2.45, 2.75) is 144 Å². The van der Waals surface area contributed by atoms with Crippen molar-refractivity contribution in [2.24, 2.45) is 28.4 Å². The van der Waals surface area contributed by atoms with Gasteiger partial charge in [-0.2, -0.15) is 0 Å². The van der Waals surface area contributed by atoms with E-state index in [0.717, 1.165) is 5.56 Å². The maximum Gasteiger partial charge on any atom is 0.407 e. The molecule has 4 rings (SSSR count). The molecular formula is C50H72ClN7O11. The van der Waals surface area contributed by atoms with Crippen LogP contribution in [0.2, 0.25) is 5.02 Å². The fourth-order valence-corrected chi connectivity index (χ4v) is 7.72. The number of benzene rings is 2. The third kappa shape index (κ3) is 16.7. The van der Waals surface area contributed by atoms with Gasteiger partial charge in [-0.15, -0.1) is 0 Å². The lowest BCUT2D eigenvalue weighted by Crippen LogP contribution is -2.58. The van der Waals surface area contributed by atoms with Gasteiger partial charge in [0.25, 0.3) is 0 Å². The van der Waals surface area contributed by atoms with Crippen LogP contribution in [0.3, 0.4) is 0 Å². The first-order chi connectivity index (χ1) is 32.3. The standard InChI is InChI=1S/C50H72ClN7O11/c1-27(2)40(52)45(62)55-29(4)43(60)53-21-22-54-48(65)67-26-31-15-18-33(19-16-31)42-41(69-42)28(3)37-13-12-14-39(59)57-35(24-32-17-20-38(66-11)34(51)23-32)44(61)56-30(5)50(9,10)47(64)58-36(46(63)68-37)25-49(6,7)8/h12,14-20,23,27-30,35-37,40-42H,13,21-22,24-26,52H2,1-11H3,(H,53,60)(H,54,65)(H,55,62)(H,56,61)(H,57,59)(H,58,64)/b14-12+/t28-,29-,30-,35+,36-,37-,40-,41+,42+/m0/s1. The molecule has 6 amide bonds. The first-order valence-corrected chi connectivity index (χ1v) is 23.8. The Morgan fingerprint density at radius 3 is 2.19 bits per heavy atom. The topological polar surface area (TPSA) is 258 Å². The highest BCUT2D eigenvalue weighted by atomic mass is 35.5. The van der Waals surface area contributed by atoms with Crippen LogP contribution in [-0.2, 0) is 56.0 Å². The number of amides is 6. The van der Waals surface area contributed by atoms with Crippen molar-refractivity contribution < 1.29 is 52.5 Å². The first kappa shape index (κ1) is 55.9. The molecule has 2 aromatic carbocycles. The molecule has 0 aromatic heterocycles. The average Bonchev–Trinajstić information content (AvgIpc) is 4.09. The van der Waals surface area contributed by atoms with E-state index in [1.165, 1.54) is 13.2 Å². The van der Waals surface area contributed by atoms with E-state index in [4.69, 9.17) is 36.3 Å². The molecule has 19 heteroatoms. The highest BCUT2D eigenvalue weighted by molar-refractivity contribution is 6.32. The molecule has 0 radical (unpaired) electrons. The van der Waals surface area contributed by atoms with Crippen LogP contribution < -0.4 is 42.4 Å². The second-order valence-corrected chi connectivity index (χ2v) is 20.4. The number of hydrogen-bond acceptors (Lipinski definition) is 12. The number of methoxy groups -OCH3 is 1. The molecule has 2 aliphatic rings. The summed E-state index contributed by atoms with van der Waals surface area (Å²) in [5.41, 5.74) is 6.46. The molecule has 0 saturated carbocycles. The van der Waals surface area contributed by atoms with Crippen LogP contribution in [0.1, 0.15) is 105 Å². The number of cyclic esters (lactones) is 1. The largest absolute Gasteiger partial charge is 0.495 e. The minimum absolute atomic E-state index is 0.0233. The zero-order valence-electron chi connectivity index (χ0n) is 41.7. The number of esters is 1. The van der Waals surface area contributed by atoms with E-state index in [-0.39, 0.29) is 63.0 Å². The third-order valence-corrected chi connectivity index (χ3v) is 12.7. The van der Waals surface area contributed by atoms with Crippen LogP contribution in [0.5, 0.6) is 5.75 Å². The van der Waals surface area contributed by atoms with Gasteiger partial charge in [-0.3, -0.25) is 24.0 Å². The summed E-state index contributed by atoms with van der Waals surface area (Å²) in [6, 6.07) is 8.07. The molecule has 1 saturated heterocycles. The molecule has 0 unspecified atom stereocenters. The smallest absolute Gasteiger partial charge is 0.407 e. The van der Waals surface area contributed by atoms with E-state index in [1.54, 1.807) is 64.1 Å². The van der Waals surface area contributed by atoms with Gasteiger partial charge in [0.1, 0.15) is 42.7 Å². The fourth-order valence-electron chi connectivity index (χ4n) is 7.44. The van der Waals surface area contributed by atoms with Gasteiger partial charge in [0, 0.05) is 37.9 Å². The first-order valence-electron chi connectivity index (χ1n) is 23.4. The Bertz CT molecular complexity index is 2180. The molecule has 1 fully saturated rings. The second kappa shape index (κ2) is 24.7. The Balaban J connectivity index is 1.42. The zero-order chi connectivity index (χ0) is 51.4. The van der Waals surface area contributed by atoms with Crippen molar-refractivity contribution in [1.29, 1.82) is 0 Å². The molecule has 69 heavy (non-hydrogen) atoms. The summed E-state index contributed by atoms with van der Waals surface area (Å²) >= 11 is 6.39. The normalized spacial score (nSPS) is 24.0. The van der Waals surface area contributed by atoms with E-state index in [0.29, 0.717) is 21.9 Å². The SMILES string of the molecule is COc1ccc(C[C@H]2NC(=O)/C=C/C[C@@H]([C@H](C)[C@H]3O[C@@H]3c3ccc(COC(=O)NCCNC(=O)[C@H](C)NC(=O)[C@@H](N)C(C)C)cc3)OC(=O)[C@H](CC(C)(C)C)NC(=O)C(C)(C)[C@H](C)NC2=O)cc1Cl. The number of carbonyl (C=O) groups excluding carboxylic acids is 7. The molecule has 2 aliphatic heterocycles. The lowest BCUT2D eigenvalue weighted by molar-refractivity contribution is -0.157. The minimum atomic E-state index is -1.21. The Morgan fingerprint density at radius 1 is 0.913 bits per heavy atom. The molecule has 2 aromatic rings. The van der Waals surface area contributed by atoms with Gasteiger partial charge >= 0.3 is 12.1 Å². The fraction of sp³-hybridized carbons (Fsp3) is 0.580. The average molecular weight is 983 g/mol. The van der Waals surface area contributed by atoms with Crippen molar-refractivity contribution in [3.05, 3.63) is 76.3 Å². The van der Waals surface area contributed by atoms with Gasteiger partial charge in [-0.1, -0.05) is 89.6 Å². The summed E-state index contributed by atoms with van der Waals surface area (Å²) in [6.07, 6.45) is 1.17. The predicted octanol–water partition coefficient (Wildman–Crippen LogP) is 4.31. The van der Waals surface area contributed by atoms with E-state index >= 15 is 0 Å². The zero-order valence-corrected chi connectivity index (χ0v) is 42.4. The maximum atomic E-state index is 14.1. The van der Waals surface area contributed by atoms with E-state index < -0.39 is 88.7 Å². The Labute approximate surface area is 410 Å². The lowest BCUT2D eigenvalue weighted by atomic mass is 9.82. The highest BCUT2D eigenvalue weighted by Crippen LogP contribution is 2.45. The van der Waals surface area contributed by atoms with Crippen LogP contribution in [0, 0.1) is 22.7 Å². The quantitative estimate of drug-likeness (QED) is 0.0706. The van der Waals surface area contributed by atoms with E-state index in [9.17, 15) is 33.6 Å². The Kier molecular flexibility index (Phi) is 20.0. The van der Waals surface area contributed by atoms with Crippen LogP contribution >= 0.6 is 11.6 Å². The predicted molar refractivity (Wildman–Crippen MR) is 259 cm³/mol. The summed E-state index contributed by atoms with van der Waals surface area (Å²) in [5.74, 6) is -3.02. The molecule has 0 aliphatic carbocycles. The molecular weight excluding hydrogens is 910 g/mol. The van der Waals surface area contributed by atoms with Gasteiger partial charge in [0.15, 0.2) is 0 Å². The van der Waals surface area contributed by atoms with Crippen molar-refractivity contribution in [3.8, 4) is 5.75 Å². The van der Waals surface area contributed by atoms with Gasteiger partial charge < -0.3 is 56.6 Å². The maximum absolute atomic E-state index is 14.1. The summed E-state index contributed by atoms with van der Waals surface area (Å²) in [4.78, 5) is 92.4. The number of carbonyl (C=O) groups is 7. The third-order valence-electron chi connectivity index (χ3n) is 12.4. The van der Waals surface area contributed by atoms with Crippen molar-refractivity contribution in [1.82, 2.24) is 31.9 Å². The minimum Gasteiger partial charge on any atom is -0.495 e. The van der Waals surface area contributed by atoms with Crippen molar-refractivity contribution in [2.75, 3.05) is 20.2 Å². The van der Waals surface area contributed by atoms with E-state index in [2.05, 4.69) is 31.9 Å². The monoisotopic (exact) mass is 981 g/mol. The molecule has 8 N–H and O–H groups in total. The van der Waals surface area contributed by atoms with Crippen LogP contribution in [0.4, 0.5) is 4.79 Å². The van der Waals surface area contributed by atoms with E-state index in [1.807, 2.05) is 53.7 Å². The van der Waals surface area contributed by atoms with Crippen LogP contribution in [0.15, 0.2) is 54.6 Å². The van der Waals surface area contributed by atoms with Gasteiger partial charge in [0.2, 0.25) is 29.5 Å². The Hall–Kier alpha value is -5.72. The second-order valence-electron chi connectivity index (χ2n) is 20.0. The number of hydrogen-bond donors (Lipinski definition) is 7. The molecule has 0 bridgehead atoms. The molecule has 0 spiro atoms. The molecule has 18 nitrogen and oxygen atoms in total. The van der Waals surface area contributed by atoms with Gasteiger partial charge in [-0.25, -0.2) is 9.59 Å². The van der Waals surface area contributed by atoms with Gasteiger partial charge in [0.05, 0.1) is 29.7 Å². The highest BCUT2D eigenvalue weighted by Gasteiger charge is 2.48. The number of rotatable bonds is 16. The molecule has 9 atom stereocenters. The summed E-state index contributed by atoms with van der Waals surface area (Å²) in [5, 5.41) is 16.8. The number of nitrogens with two attached hydrogens (primary N) is 1. The lowest BCUT2D eigenvalue weighted by Gasteiger charge is -2.35.